The quantitative estimate of drug-likeness (QED) is 0.250. The molecule has 1 aliphatic rings. The van der Waals surface area contributed by atoms with Crippen molar-refractivity contribution >= 4 is 52.4 Å². The molecule has 1 atom stereocenters. The zero-order valence-corrected chi connectivity index (χ0v) is 22.4. The van der Waals surface area contributed by atoms with Crippen LogP contribution in [0, 0.1) is 0 Å². The summed E-state index contributed by atoms with van der Waals surface area (Å²) < 4.78 is 2.41. The molecule has 0 radical (unpaired) electrons. The zero-order valence-electron chi connectivity index (χ0n) is 20.8. The molecule has 0 saturated heterocycles. The second kappa shape index (κ2) is 11.4. The molecule has 4 rings (SSSR count). The summed E-state index contributed by atoms with van der Waals surface area (Å²) in [4.78, 5) is 18.4. The number of likely N-dealkylation sites (N-methyl/N-ethyl adjacent to an activating group) is 1. The molecule has 0 aromatic heterocycles. The van der Waals surface area contributed by atoms with Gasteiger partial charge in [-0.1, -0.05) is 44.0 Å². The molecule has 0 amide bonds. The van der Waals surface area contributed by atoms with Crippen molar-refractivity contribution in [1.82, 2.24) is 4.31 Å². The number of benzene rings is 3. The molecular weight excluding hydrogens is 474 g/mol. The zero-order chi connectivity index (χ0) is 24.9. The lowest BCUT2D eigenvalue weighted by Gasteiger charge is -2.30. The number of rotatable bonds is 8. The third kappa shape index (κ3) is 5.63. The predicted octanol–water partition coefficient (Wildman–Crippen LogP) is 7.52. The Morgan fingerprint density at radius 1 is 1.14 bits per heavy atom. The van der Waals surface area contributed by atoms with Crippen molar-refractivity contribution in [3.05, 3.63) is 72.3 Å². The highest BCUT2D eigenvalue weighted by atomic mass is 32.2. The van der Waals surface area contributed by atoms with Gasteiger partial charge in [-0.05, 0) is 74.1 Å². The average molecular weight is 508 g/mol. The molecule has 0 saturated carbocycles. The van der Waals surface area contributed by atoms with E-state index in [2.05, 4.69) is 76.8 Å². The van der Waals surface area contributed by atoms with E-state index < -0.39 is 5.97 Å². The topological polar surface area (TPSA) is 47.0 Å². The minimum atomic E-state index is -0.916. The van der Waals surface area contributed by atoms with E-state index in [4.69, 9.17) is 0 Å². The first-order chi connectivity index (χ1) is 16.9. The van der Waals surface area contributed by atoms with Crippen molar-refractivity contribution in [2.45, 2.75) is 42.0 Å². The van der Waals surface area contributed by atoms with Crippen LogP contribution in [-0.2, 0) is 0 Å². The SMILES string of the molecule is CCCCC1CN(c2ccccc2)c2cc(SC)c(N(C)c3cccc(C(=O)O)c3)cc2SN1C. The van der Waals surface area contributed by atoms with Gasteiger partial charge in [-0.3, -0.25) is 0 Å². The molecule has 7 heteroatoms. The summed E-state index contributed by atoms with van der Waals surface area (Å²) >= 11 is 3.52. The largest absolute Gasteiger partial charge is 0.478 e. The highest BCUT2D eigenvalue weighted by Gasteiger charge is 2.29. The Kier molecular flexibility index (Phi) is 8.31. The van der Waals surface area contributed by atoms with Crippen LogP contribution < -0.4 is 9.80 Å². The van der Waals surface area contributed by atoms with Crippen LogP contribution in [0.3, 0.4) is 0 Å². The molecule has 35 heavy (non-hydrogen) atoms. The third-order valence-corrected chi connectivity index (χ3v) is 8.38. The molecule has 0 spiro atoms. The predicted molar refractivity (Wildman–Crippen MR) is 150 cm³/mol. The van der Waals surface area contributed by atoms with E-state index in [1.807, 2.05) is 13.1 Å². The van der Waals surface area contributed by atoms with Gasteiger partial charge in [0.25, 0.3) is 0 Å². The summed E-state index contributed by atoms with van der Waals surface area (Å²) in [5.74, 6) is -0.916. The molecule has 184 valence electrons. The van der Waals surface area contributed by atoms with Gasteiger partial charge in [-0.15, -0.1) is 11.8 Å². The van der Waals surface area contributed by atoms with Gasteiger partial charge in [0.15, 0.2) is 0 Å². The van der Waals surface area contributed by atoms with Crippen LogP contribution in [0.2, 0.25) is 0 Å². The van der Waals surface area contributed by atoms with Gasteiger partial charge in [-0.2, -0.15) is 0 Å². The van der Waals surface area contributed by atoms with Gasteiger partial charge < -0.3 is 14.9 Å². The fourth-order valence-electron chi connectivity index (χ4n) is 4.45. The van der Waals surface area contributed by atoms with Crippen LogP contribution in [0.5, 0.6) is 0 Å². The first-order valence-corrected chi connectivity index (χ1v) is 13.9. The minimum Gasteiger partial charge on any atom is -0.478 e. The Hall–Kier alpha value is -2.61. The van der Waals surface area contributed by atoms with Crippen molar-refractivity contribution < 1.29 is 9.90 Å². The molecule has 5 nitrogen and oxygen atoms in total. The fourth-order valence-corrected chi connectivity index (χ4v) is 6.15. The van der Waals surface area contributed by atoms with E-state index in [1.54, 1.807) is 41.9 Å². The molecule has 3 aromatic carbocycles. The number of hydrogen-bond donors (Lipinski definition) is 1. The maximum absolute atomic E-state index is 11.5. The van der Waals surface area contributed by atoms with E-state index in [-0.39, 0.29) is 5.56 Å². The molecule has 0 fully saturated rings. The number of thioether (sulfide) groups is 1. The maximum Gasteiger partial charge on any atom is 0.335 e. The number of carboxylic acid groups (broad SMARTS) is 1. The van der Waals surface area contributed by atoms with E-state index in [9.17, 15) is 9.90 Å². The number of unbranched alkanes of at least 4 members (excludes halogenated alkanes) is 1. The lowest BCUT2D eigenvalue weighted by atomic mass is 10.1. The summed E-state index contributed by atoms with van der Waals surface area (Å²) in [5.41, 5.74) is 4.63. The third-order valence-electron chi connectivity index (χ3n) is 6.50. The van der Waals surface area contributed by atoms with Gasteiger partial charge in [0.1, 0.15) is 0 Å². The Morgan fingerprint density at radius 3 is 2.60 bits per heavy atom. The summed E-state index contributed by atoms with van der Waals surface area (Å²) in [6, 6.07) is 22.7. The second-order valence-electron chi connectivity index (χ2n) is 8.79. The van der Waals surface area contributed by atoms with Gasteiger partial charge >= 0.3 is 5.97 Å². The fraction of sp³-hybridized carbons (Fsp3) is 0.321. The van der Waals surface area contributed by atoms with Gasteiger partial charge in [-0.25, -0.2) is 9.10 Å². The standard InChI is InChI=1S/C28H33N3O2S2/c1-5-6-12-23-19-31(21-13-8-7-9-14-21)25-18-26(34-4)24(17-27(25)35-30(23)3)29(2)22-15-10-11-20(16-22)28(32)33/h7-11,13-18,23H,5-6,12,19H2,1-4H3,(H,32,33). The maximum atomic E-state index is 11.5. The Morgan fingerprint density at radius 2 is 1.91 bits per heavy atom. The Balaban J connectivity index is 1.80. The van der Waals surface area contributed by atoms with Crippen LogP contribution in [0.1, 0.15) is 36.5 Å². The molecule has 1 heterocycles. The highest BCUT2D eigenvalue weighted by Crippen LogP contribution is 2.46. The Bertz CT molecular complexity index is 1170. The average Bonchev–Trinajstić information content (AvgIpc) is 3.02. The summed E-state index contributed by atoms with van der Waals surface area (Å²) in [6.07, 6.45) is 5.65. The van der Waals surface area contributed by atoms with Gasteiger partial charge in [0.05, 0.1) is 16.9 Å². The van der Waals surface area contributed by atoms with Crippen molar-refractivity contribution in [2.75, 3.05) is 36.7 Å². The van der Waals surface area contributed by atoms with E-state index in [0.717, 1.165) is 29.2 Å². The van der Waals surface area contributed by atoms with Crippen LogP contribution in [0.25, 0.3) is 0 Å². The monoisotopic (exact) mass is 507 g/mol. The van der Waals surface area contributed by atoms with Gasteiger partial charge in [0.2, 0.25) is 0 Å². The van der Waals surface area contributed by atoms with Crippen LogP contribution in [-0.4, -0.2) is 48.3 Å². The molecular formula is C28H33N3O2S2. The number of fused-ring (bicyclic) bond motifs is 1. The summed E-state index contributed by atoms with van der Waals surface area (Å²) in [7, 11) is 4.21. The number of aromatic carboxylic acids is 1. The van der Waals surface area contributed by atoms with Crippen molar-refractivity contribution in [1.29, 1.82) is 0 Å². The van der Waals surface area contributed by atoms with Crippen LogP contribution in [0.15, 0.2) is 76.5 Å². The summed E-state index contributed by atoms with van der Waals surface area (Å²) in [5, 5.41) is 9.47. The van der Waals surface area contributed by atoms with Crippen molar-refractivity contribution in [3.8, 4) is 0 Å². The smallest absolute Gasteiger partial charge is 0.335 e. The number of anilines is 4. The first kappa shape index (κ1) is 25.5. The Labute approximate surface area is 217 Å². The minimum absolute atomic E-state index is 0.290. The molecule has 0 bridgehead atoms. The number of nitrogens with zero attached hydrogens (tertiary/aromatic N) is 3. The summed E-state index contributed by atoms with van der Waals surface area (Å²) in [6.45, 7) is 3.18. The molecule has 0 aliphatic carbocycles. The lowest BCUT2D eigenvalue weighted by molar-refractivity contribution is 0.0697. The van der Waals surface area contributed by atoms with E-state index >= 15 is 0 Å². The second-order valence-corrected chi connectivity index (χ2v) is 10.8. The lowest BCUT2D eigenvalue weighted by Crippen LogP contribution is -2.35. The first-order valence-electron chi connectivity index (χ1n) is 12.0. The number of carbonyl (C=O) groups is 1. The number of hydrogen-bond acceptors (Lipinski definition) is 6. The number of para-hydroxylation sites is 1. The molecule has 1 unspecified atom stereocenters. The van der Waals surface area contributed by atoms with Gasteiger partial charge in [0, 0.05) is 40.8 Å². The molecule has 1 aliphatic heterocycles. The van der Waals surface area contributed by atoms with E-state index in [1.165, 1.54) is 29.1 Å². The normalized spacial score (nSPS) is 16.0. The van der Waals surface area contributed by atoms with Crippen LogP contribution in [0.4, 0.5) is 22.7 Å². The van der Waals surface area contributed by atoms with Crippen molar-refractivity contribution in [2.24, 2.45) is 0 Å². The van der Waals surface area contributed by atoms with Crippen LogP contribution >= 0.6 is 23.7 Å². The molecule has 1 N–H and O–H groups in total. The van der Waals surface area contributed by atoms with E-state index in [0.29, 0.717) is 6.04 Å². The van der Waals surface area contributed by atoms with Crippen molar-refractivity contribution in [3.63, 3.8) is 0 Å². The highest BCUT2D eigenvalue weighted by molar-refractivity contribution is 7.98. The number of carboxylic acids is 1. The molecule has 3 aromatic rings.